The number of thiophene rings is 1. The van der Waals surface area contributed by atoms with Crippen molar-refractivity contribution in [2.24, 2.45) is 0 Å². The fourth-order valence-electron chi connectivity index (χ4n) is 3.42. The van der Waals surface area contributed by atoms with Crippen molar-refractivity contribution in [2.75, 3.05) is 13.1 Å². The van der Waals surface area contributed by atoms with Crippen LogP contribution in [-0.4, -0.2) is 38.8 Å². The van der Waals surface area contributed by atoms with E-state index in [0.717, 1.165) is 29.8 Å². The number of amides is 1. The molecule has 1 fully saturated rings. The second-order valence-corrected chi connectivity index (χ2v) is 7.50. The van der Waals surface area contributed by atoms with E-state index in [0.29, 0.717) is 25.2 Å². The third-order valence-corrected chi connectivity index (χ3v) is 5.60. The zero-order chi connectivity index (χ0) is 18.6. The highest BCUT2D eigenvalue weighted by Gasteiger charge is 2.25. The van der Waals surface area contributed by atoms with Crippen molar-refractivity contribution >= 4 is 17.2 Å². The minimum absolute atomic E-state index is 0.127. The van der Waals surface area contributed by atoms with Crippen LogP contribution in [0.1, 0.15) is 30.1 Å². The molecule has 27 heavy (non-hydrogen) atoms. The molecule has 4 rings (SSSR count). The summed E-state index contributed by atoms with van der Waals surface area (Å²) in [5.74, 6) is 1.03. The van der Waals surface area contributed by atoms with Gasteiger partial charge in [0.2, 0.25) is 5.91 Å². The average Bonchev–Trinajstić information content (AvgIpc) is 3.23. The topological polar surface area (TPSA) is 79.0 Å². The van der Waals surface area contributed by atoms with Crippen molar-refractivity contribution in [2.45, 2.75) is 25.2 Å². The Morgan fingerprint density at radius 2 is 2.00 bits per heavy atom. The summed E-state index contributed by atoms with van der Waals surface area (Å²) in [5.41, 5.74) is 2.53. The van der Waals surface area contributed by atoms with Gasteiger partial charge in [-0.15, -0.1) is 0 Å². The predicted octanol–water partition coefficient (Wildman–Crippen LogP) is 2.84. The Bertz CT molecular complexity index is 961. The number of piperidine rings is 1. The number of nitrogens with one attached hydrogen (secondary N) is 1. The van der Waals surface area contributed by atoms with Crippen LogP contribution in [0, 0.1) is 0 Å². The van der Waals surface area contributed by atoms with E-state index in [1.54, 1.807) is 29.8 Å². The van der Waals surface area contributed by atoms with Gasteiger partial charge in [-0.3, -0.25) is 14.6 Å². The van der Waals surface area contributed by atoms with Crippen LogP contribution in [0.3, 0.4) is 0 Å². The first-order valence-electron chi connectivity index (χ1n) is 8.99. The SMILES string of the molecule is O=C(Cc1ccncc1)N1CCC(c2nc(-c3ccsc3)cc(=O)[nH]2)CC1. The number of pyridine rings is 1. The summed E-state index contributed by atoms with van der Waals surface area (Å²) in [4.78, 5) is 38.0. The molecule has 0 spiro atoms. The van der Waals surface area contributed by atoms with Crippen LogP contribution in [-0.2, 0) is 11.2 Å². The minimum atomic E-state index is -0.127. The summed E-state index contributed by atoms with van der Waals surface area (Å²) in [5, 5.41) is 3.97. The largest absolute Gasteiger partial charge is 0.342 e. The van der Waals surface area contributed by atoms with Gasteiger partial charge in [-0.25, -0.2) is 4.98 Å². The molecule has 0 saturated carbocycles. The molecule has 1 saturated heterocycles. The first-order valence-corrected chi connectivity index (χ1v) is 9.94. The molecule has 0 aliphatic carbocycles. The predicted molar refractivity (Wildman–Crippen MR) is 105 cm³/mol. The van der Waals surface area contributed by atoms with E-state index in [1.165, 1.54) is 0 Å². The second-order valence-electron chi connectivity index (χ2n) is 6.72. The standard InChI is InChI=1S/C20H20N4O2S/c25-18-12-17(16-5-10-27-13-16)22-20(23-18)15-3-8-24(9-4-15)19(26)11-14-1-6-21-7-2-14/h1-2,5-7,10,12-13,15H,3-4,8-9,11H2,(H,22,23,25). The van der Waals surface area contributed by atoms with Crippen molar-refractivity contribution < 1.29 is 4.79 Å². The lowest BCUT2D eigenvalue weighted by Crippen LogP contribution is -2.39. The van der Waals surface area contributed by atoms with Gasteiger partial charge in [0.25, 0.3) is 5.56 Å². The van der Waals surface area contributed by atoms with Crippen molar-refractivity contribution in [3.63, 3.8) is 0 Å². The number of aromatic amines is 1. The van der Waals surface area contributed by atoms with Gasteiger partial charge in [0.1, 0.15) is 5.82 Å². The van der Waals surface area contributed by atoms with Gasteiger partial charge in [-0.2, -0.15) is 11.3 Å². The molecule has 0 atom stereocenters. The lowest BCUT2D eigenvalue weighted by Gasteiger charge is -2.31. The molecule has 4 heterocycles. The highest BCUT2D eigenvalue weighted by molar-refractivity contribution is 7.08. The van der Waals surface area contributed by atoms with Crippen LogP contribution in [0.15, 0.2) is 52.2 Å². The molecule has 1 amide bonds. The van der Waals surface area contributed by atoms with E-state index in [4.69, 9.17) is 0 Å². The fraction of sp³-hybridized carbons (Fsp3) is 0.300. The lowest BCUT2D eigenvalue weighted by molar-refractivity contribution is -0.131. The third-order valence-electron chi connectivity index (χ3n) is 4.92. The number of carbonyl (C=O) groups is 1. The van der Waals surface area contributed by atoms with Gasteiger partial charge in [0.05, 0.1) is 12.1 Å². The Balaban J connectivity index is 1.42. The molecule has 3 aromatic rings. The van der Waals surface area contributed by atoms with Gasteiger partial charge in [0, 0.05) is 48.4 Å². The molecule has 0 bridgehead atoms. The zero-order valence-corrected chi connectivity index (χ0v) is 15.6. The van der Waals surface area contributed by atoms with E-state index >= 15 is 0 Å². The number of hydrogen-bond acceptors (Lipinski definition) is 5. The van der Waals surface area contributed by atoms with Gasteiger partial charge in [0.15, 0.2) is 0 Å². The lowest BCUT2D eigenvalue weighted by atomic mass is 9.95. The maximum absolute atomic E-state index is 12.5. The van der Waals surface area contributed by atoms with Crippen LogP contribution in [0.2, 0.25) is 0 Å². The maximum Gasteiger partial charge on any atom is 0.251 e. The Labute approximate surface area is 160 Å². The van der Waals surface area contributed by atoms with Gasteiger partial charge in [-0.1, -0.05) is 0 Å². The number of likely N-dealkylation sites (tertiary alicyclic amines) is 1. The van der Waals surface area contributed by atoms with E-state index in [1.807, 2.05) is 33.9 Å². The number of rotatable bonds is 4. The van der Waals surface area contributed by atoms with Crippen molar-refractivity contribution in [1.29, 1.82) is 0 Å². The summed E-state index contributed by atoms with van der Waals surface area (Å²) in [6, 6.07) is 7.25. The van der Waals surface area contributed by atoms with Crippen LogP contribution < -0.4 is 5.56 Å². The number of H-pyrrole nitrogens is 1. The van der Waals surface area contributed by atoms with E-state index in [-0.39, 0.29) is 17.4 Å². The van der Waals surface area contributed by atoms with Crippen molar-refractivity contribution in [3.05, 3.63) is 69.2 Å². The second kappa shape index (κ2) is 7.84. The quantitative estimate of drug-likeness (QED) is 0.755. The summed E-state index contributed by atoms with van der Waals surface area (Å²) in [6.45, 7) is 1.36. The average molecular weight is 380 g/mol. The molecule has 0 unspecified atom stereocenters. The molecule has 7 heteroatoms. The number of carbonyl (C=O) groups excluding carboxylic acids is 1. The first-order chi connectivity index (χ1) is 13.2. The van der Waals surface area contributed by atoms with Crippen LogP contribution in [0.5, 0.6) is 0 Å². The minimum Gasteiger partial charge on any atom is -0.342 e. The molecule has 1 aliphatic rings. The van der Waals surface area contributed by atoms with Crippen LogP contribution in [0.25, 0.3) is 11.3 Å². The normalized spacial score (nSPS) is 15.0. The third kappa shape index (κ3) is 4.14. The van der Waals surface area contributed by atoms with Gasteiger partial charge >= 0.3 is 0 Å². The maximum atomic E-state index is 12.5. The smallest absolute Gasteiger partial charge is 0.251 e. The summed E-state index contributed by atoms with van der Waals surface area (Å²) < 4.78 is 0. The number of nitrogens with zero attached hydrogens (tertiary/aromatic N) is 3. The monoisotopic (exact) mass is 380 g/mol. The van der Waals surface area contributed by atoms with Crippen molar-refractivity contribution in [3.8, 4) is 11.3 Å². The fourth-order valence-corrected chi connectivity index (χ4v) is 4.07. The van der Waals surface area contributed by atoms with E-state index < -0.39 is 0 Å². The van der Waals surface area contributed by atoms with E-state index in [9.17, 15) is 9.59 Å². The van der Waals surface area contributed by atoms with Crippen molar-refractivity contribution in [1.82, 2.24) is 19.9 Å². The molecule has 0 radical (unpaired) electrons. The first kappa shape index (κ1) is 17.6. The Morgan fingerprint density at radius 3 is 2.70 bits per heavy atom. The molecule has 3 aromatic heterocycles. The summed E-state index contributed by atoms with van der Waals surface area (Å²) >= 11 is 1.59. The molecular formula is C20H20N4O2S. The Hall–Kier alpha value is -2.80. The van der Waals surface area contributed by atoms with Gasteiger partial charge < -0.3 is 9.88 Å². The molecular weight excluding hydrogens is 360 g/mol. The molecule has 1 N–H and O–H groups in total. The molecule has 0 aromatic carbocycles. The zero-order valence-electron chi connectivity index (χ0n) is 14.8. The molecule has 6 nitrogen and oxygen atoms in total. The Kier molecular flexibility index (Phi) is 5.11. The molecule has 1 aliphatic heterocycles. The number of aromatic nitrogens is 3. The number of hydrogen-bond donors (Lipinski definition) is 1. The van der Waals surface area contributed by atoms with E-state index in [2.05, 4.69) is 15.0 Å². The highest BCUT2D eigenvalue weighted by atomic mass is 32.1. The Morgan fingerprint density at radius 1 is 1.22 bits per heavy atom. The summed E-state index contributed by atoms with van der Waals surface area (Å²) in [6.07, 6.45) is 5.42. The summed E-state index contributed by atoms with van der Waals surface area (Å²) in [7, 11) is 0. The highest BCUT2D eigenvalue weighted by Crippen LogP contribution is 2.27. The van der Waals surface area contributed by atoms with Gasteiger partial charge in [-0.05, 0) is 42.0 Å². The molecule has 138 valence electrons. The van der Waals surface area contributed by atoms with Crippen LogP contribution >= 0.6 is 11.3 Å². The van der Waals surface area contributed by atoms with Crippen LogP contribution in [0.4, 0.5) is 0 Å².